The smallest absolute Gasteiger partial charge is 0.137 e. The molecule has 0 aliphatic carbocycles. The molecular formula is C15H22Cl2N4. The van der Waals surface area contributed by atoms with E-state index in [0.29, 0.717) is 6.04 Å². The maximum Gasteiger partial charge on any atom is 0.137 e. The fraction of sp³-hybridized carbons (Fsp3) is 0.533. The summed E-state index contributed by atoms with van der Waals surface area (Å²) in [4.78, 5) is 7.13. The summed E-state index contributed by atoms with van der Waals surface area (Å²) >= 11 is 6.01. The van der Waals surface area contributed by atoms with Gasteiger partial charge in [-0.15, -0.1) is 12.4 Å². The Kier molecular flexibility index (Phi) is 5.49. The topological polar surface area (TPSA) is 46.6 Å². The van der Waals surface area contributed by atoms with Gasteiger partial charge in [0.15, 0.2) is 0 Å². The van der Waals surface area contributed by atoms with E-state index < -0.39 is 0 Å². The monoisotopic (exact) mass is 328 g/mol. The van der Waals surface area contributed by atoms with Crippen molar-refractivity contribution >= 4 is 29.7 Å². The third-order valence-corrected chi connectivity index (χ3v) is 4.32. The van der Waals surface area contributed by atoms with Crippen molar-refractivity contribution in [2.24, 2.45) is 5.73 Å². The van der Waals surface area contributed by atoms with Gasteiger partial charge in [0.1, 0.15) is 5.65 Å². The van der Waals surface area contributed by atoms with E-state index in [2.05, 4.69) is 23.0 Å². The number of fused-ring (bicyclic) bond motifs is 1. The average molecular weight is 329 g/mol. The van der Waals surface area contributed by atoms with Gasteiger partial charge >= 0.3 is 0 Å². The lowest BCUT2D eigenvalue weighted by molar-refractivity contribution is 0.121. The molecule has 1 aliphatic rings. The van der Waals surface area contributed by atoms with Crippen LogP contribution in [0.4, 0.5) is 0 Å². The van der Waals surface area contributed by atoms with Crippen LogP contribution in [0.2, 0.25) is 5.02 Å². The lowest BCUT2D eigenvalue weighted by Gasteiger charge is -2.37. The number of nitrogens with zero attached hydrogens (tertiary/aromatic N) is 3. The van der Waals surface area contributed by atoms with Crippen molar-refractivity contribution in [3.63, 3.8) is 0 Å². The first kappa shape index (κ1) is 16.6. The molecule has 1 saturated heterocycles. The zero-order valence-corrected chi connectivity index (χ0v) is 13.8. The van der Waals surface area contributed by atoms with Crippen LogP contribution in [0.25, 0.3) is 5.65 Å². The van der Waals surface area contributed by atoms with Gasteiger partial charge in [-0.2, -0.15) is 0 Å². The van der Waals surface area contributed by atoms with E-state index in [4.69, 9.17) is 17.3 Å². The van der Waals surface area contributed by atoms with Crippen LogP contribution in [0, 0.1) is 0 Å². The van der Waals surface area contributed by atoms with Crippen LogP contribution in [0.15, 0.2) is 24.5 Å². The Morgan fingerprint density at radius 1 is 1.38 bits per heavy atom. The number of likely N-dealkylation sites (tertiary alicyclic amines) is 1. The predicted octanol–water partition coefficient (Wildman–Crippen LogP) is 3.11. The van der Waals surface area contributed by atoms with Gasteiger partial charge in [-0.25, -0.2) is 4.98 Å². The van der Waals surface area contributed by atoms with E-state index >= 15 is 0 Å². The van der Waals surface area contributed by atoms with Crippen LogP contribution in [0.3, 0.4) is 0 Å². The number of imidazole rings is 1. The van der Waals surface area contributed by atoms with E-state index in [1.54, 1.807) is 0 Å². The van der Waals surface area contributed by atoms with Crippen molar-refractivity contribution in [3.05, 3.63) is 35.2 Å². The molecule has 0 aromatic carbocycles. The van der Waals surface area contributed by atoms with Gasteiger partial charge in [-0.1, -0.05) is 18.0 Å². The average Bonchev–Trinajstić information content (AvgIpc) is 2.80. The van der Waals surface area contributed by atoms with E-state index in [0.717, 1.165) is 29.5 Å². The quantitative estimate of drug-likeness (QED) is 0.941. The second-order valence-corrected chi connectivity index (χ2v) is 6.17. The Morgan fingerprint density at radius 3 is 2.95 bits per heavy atom. The van der Waals surface area contributed by atoms with Crippen molar-refractivity contribution in [1.29, 1.82) is 0 Å². The molecule has 2 unspecified atom stereocenters. The Morgan fingerprint density at radius 2 is 2.19 bits per heavy atom. The highest BCUT2D eigenvalue weighted by Gasteiger charge is 2.25. The van der Waals surface area contributed by atoms with Crippen molar-refractivity contribution in [1.82, 2.24) is 14.3 Å². The largest absolute Gasteiger partial charge is 0.327 e. The molecule has 3 heterocycles. The second-order valence-electron chi connectivity index (χ2n) is 5.74. The minimum atomic E-state index is 0. The van der Waals surface area contributed by atoms with Gasteiger partial charge in [0.05, 0.1) is 10.7 Å². The molecule has 1 aliphatic heterocycles. The number of pyridine rings is 1. The molecule has 1 fully saturated rings. The molecule has 0 bridgehead atoms. The van der Waals surface area contributed by atoms with Gasteiger partial charge in [-0.05, 0) is 38.4 Å². The van der Waals surface area contributed by atoms with Crippen LogP contribution in [0.5, 0.6) is 0 Å². The second kappa shape index (κ2) is 6.97. The Balaban J connectivity index is 0.00000161. The molecular weight excluding hydrogens is 307 g/mol. The zero-order chi connectivity index (χ0) is 14.1. The minimum absolute atomic E-state index is 0. The fourth-order valence-corrected chi connectivity index (χ4v) is 3.28. The molecule has 0 amide bonds. The summed E-state index contributed by atoms with van der Waals surface area (Å²) in [5.74, 6) is 0. The lowest BCUT2D eigenvalue weighted by atomic mass is 9.97. The fourth-order valence-electron chi connectivity index (χ4n) is 3.11. The van der Waals surface area contributed by atoms with Crippen molar-refractivity contribution in [2.75, 3.05) is 6.54 Å². The molecule has 116 valence electrons. The van der Waals surface area contributed by atoms with E-state index in [1.807, 2.05) is 22.7 Å². The van der Waals surface area contributed by atoms with Crippen LogP contribution >= 0.6 is 24.0 Å². The zero-order valence-electron chi connectivity index (χ0n) is 12.2. The summed E-state index contributed by atoms with van der Waals surface area (Å²) in [6, 6.07) is 4.50. The van der Waals surface area contributed by atoms with Crippen LogP contribution < -0.4 is 5.73 Å². The molecule has 0 spiro atoms. The first-order valence-corrected chi connectivity index (χ1v) is 7.64. The number of hydrogen-bond acceptors (Lipinski definition) is 3. The summed E-state index contributed by atoms with van der Waals surface area (Å²) in [5.41, 5.74) is 8.15. The Labute approximate surface area is 136 Å². The first-order valence-electron chi connectivity index (χ1n) is 7.26. The van der Waals surface area contributed by atoms with Crippen molar-refractivity contribution < 1.29 is 0 Å². The van der Waals surface area contributed by atoms with Crippen LogP contribution in [0.1, 0.15) is 31.9 Å². The van der Waals surface area contributed by atoms with Gasteiger partial charge in [0.25, 0.3) is 0 Å². The molecule has 2 aromatic heterocycles. The number of rotatable bonds is 3. The molecule has 2 aromatic rings. The molecule has 2 atom stereocenters. The summed E-state index contributed by atoms with van der Waals surface area (Å²) in [6.45, 7) is 4.08. The summed E-state index contributed by atoms with van der Waals surface area (Å²) in [7, 11) is 0. The Bertz CT molecular complexity index is 596. The molecule has 0 radical (unpaired) electrons. The highest BCUT2D eigenvalue weighted by Crippen LogP contribution is 2.21. The van der Waals surface area contributed by atoms with Gasteiger partial charge in [0, 0.05) is 31.0 Å². The molecule has 2 N–H and O–H groups in total. The van der Waals surface area contributed by atoms with Gasteiger partial charge in [0.2, 0.25) is 0 Å². The highest BCUT2D eigenvalue weighted by molar-refractivity contribution is 6.30. The normalized spacial score (nSPS) is 21.2. The van der Waals surface area contributed by atoms with Crippen molar-refractivity contribution in [2.45, 2.75) is 44.8 Å². The lowest BCUT2D eigenvalue weighted by Crippen LogP contribution is -2.48. The van der Waals surface area contributed by atoms with E-state index in [9.17, 15) is 0 Å². The first-order chi connectivity index (χ1) is 9.63. The molecule has 3 rings (SSSR count). The van der Waals surface area contributed by atoms with E-state index in [-0.39, 0.29) is 18.4 Å². The van der Waals surface area contributed by atoms with Crippen LogP contribution in [-0.4, -0.2) is 32.9 Å². The maximum atomic E-state index is 6.12. The molecule has 21 heavy (non-hydrogen) atoms. The van der Waals surface area contributed by atoms with Gasteiger partial charge in [-0.3, -0.25) is 4.90 Å². The third-order valence-electron chi connectivity index (χ3n) is 4.10. The molecule has 6 heteroatoms. The number of hydrogen-bond donors (Lipinski definition) is 1. The highest BCUT2D eigenvalue weighted by atomic mass is 35.5. The van der Waals surface area contributed by atoms with Crippen LogP contribution in [-0.2, 0) is 6.54 Å². The number of piperidine rings is 1. The third kappa shape index (κ3) is 3.69. The number of halogens is 2. The van der Waals surface area contributed by atoms with Crippen molar-refractivity contribution in [3.8, 4) is 0 Å². The molecule has 0 saturated carbocycles. The number of aromatic nitrogens is 2. The number of nitrogens with two attached hydrogens (primary N) is 1. The summed E-state index contributed by atoms with van der Waals surface area (Å²) in [6.07, 6.45) is 7.68. The predicted molar refractivity (Wildman–Crippen MR) is 89.1 cm³/mol. The Hall–Kier alpha value is -0.810. The standard InChI is InChI=1S/C15H21ClN4.ClH/c1-11(17)14-4-2-3-7-19(14)9-13-10-20-8-12(16)5-6-15(20)18-13;/h5-6,8,10-11,14H,2-4,7,9,17H2,1H3;1H. The maximum absolute atomic E-state index is 6.12. The SMILES string of the molecule is CC(N)C1CCCCN1Cc1cn2cc(Cl)ccc2n1.Cl. The van der Waals surface area contributed by atoms with E-state index in [1.165, 1.54) is 19.3 Å². The van der Waals surface area contributed by atoms with Gasteiger partial charge < -0.3 is 10.1 Å². The summed E-state index contributed by atoms with van der Waals surface area (Å²) in [5, 5.41) is 0.730. The minimum Gasteiger partial charge on any atom is -0.327 e. The molecule has 4 nitrogen and oxygen atoms in total. The summed E-state index contributed by atoms with van der Waals surface area (Å²) < 4.78 is 1.99.